The Morgan fingerprint density at radius 2 is 1.31 bits per heavy atom. The highest BCUT2D eigenvalue weighted by Gasteiger charge is 2.26. The Hall–Kier alpha value is -7.51. The number of benzene rings is 6. The van der Waals surface area contributed by atoms with Gasteiger partial charge in [-0.05, 0) is 95.7 Å². The molecule has 1 aliphatic rings. The molecule has 70 heavy (non-hydrogen) atoms. The van der Waals surface area contributed by atoms with Crippen LogP contribution in [0.4, 0.5) is 38.9 Å². The molecule has 17 nitrogen and oxygen atoms in total. The average Bonchev–Trinajstić information content (AvgIpc) is 3.86. The fraction of sp³-hybridized carbons (Fsp3) is 0.275. The van der Waals surface area contributed by atoms with Gasteiger partial charge < -0.3 is 25.8 Å². The highest BCUT2D eigenvalue weighted by molar-refractivity contribution is 7.92. The summed E-state index contributed by atoms with van der Waals surface area (Å²) in [5.41, 5.74) is 7.38. The van der Waals surface area contributed by atoms with Gasteiger partial charge in [0.1, 0.15) is 11.5 Å². The minimum atomic E-state index is -4.04. The topological polar surface area (TPSA) is 227 Å². The summed E-state index contributed by atoms with van der Waals surface area (Å²) in [6.45, 7) is 2.76. The monoisotopic (exact) mass is 986 g/mol. The van der Waals surface area contributed by atoms with Crippen LogP contribution in [0.25, 0.3) is 10.8 Å². The summed E-state index contributed by atoms with van der Waals surface area (Å²) in [6.07, 6.45) is 15.4. The first-order valence-electron chi connectivity index (χ1n) is 23.4. The molecule has 366 valence electrons. The number of fused-ring (bicyclic) bond motifs is 1. The normalized spacial score (nSPS) is 13.0. The second kappa shape index (κ2) is 25.2. The van der Waals surface area contributed by atoms with Crippen LogP contribution in [-0.4, -0.2) is 38.5 Å². The summed E-state index contributed by atoms with van der Waals surface area (Å²) in [5.74, 6) is -0.199. The van der Waals surface area contributed by atoms with Crippen molar-refractivity contribution in [3.05, 3.63) is 133 Å². The highest BCUT2D eigenvalue weighted by atomic mass is 32.2. The number of sulfonamides is 1. The van der Waals surface area contributed by atoms with Gasteiger partial charge in [0, 0.05) is 27.8 Å². The van der Waals surface area contributed by atoms with Gasteiger partial charge in [0.25, 0.3) is 15.9 Å². The van der Waals surface area contributed by atoms with Crippen LogP contribution in [-0.2, 0) is 25.7 Å². The fourth-order valence-electron chi connectivity index (χ4n) is 7.79. The maximum absolute atomic E-state index is 14.1. The number of phenolic OH excluding ortho intramolecular Hbond substituents is 1. The molecule has 1 atom stereocenters. The molecule has 4 amide bonds. The Bertz CT molecular complexity index is 2940. The predicted octanol–water partition coefficient (Wildman–Crippen LogP) is 12.3. The molecule has 6 aromatic carbocycles. The molecule has 0 spiro atoms. The zero-order chi connectivity index (χ0) is 49.1. The van der Waals surface area contributed by atoms with Crippen LogP contribution in [0.3, 0.4) is 0 Å². The molecule has 0 aromatic heterocycles. The van der Waals surface area contributed by atoms with Gasteiger partial charge in [-0.1, -0.05) is 131 Å². The lowest BCUT2D eigenvalue weighted by molar-refractivity contribution is -0.109. The number of nitrogens with one attached hydrogen (secondary N) is 6. The van der Waals surface area contributed by atoms with Crippen LogP contribution in [0.5, 0.6) is 11.5 Å². The number of ether oxygens (including phenoxy) is 1. The van der Waals surface area contributed by atoms with Crippen LogP contribution in [0, 0.1) is 0 Å². The molecular weight excluding hydrogens is 929 g/mol. The number of hydrogen-bond acceptors (Lipinski definition) is 12. The van der Waals surface area contributed by atoms with Crippen LogP contribution in [0.2, 0.25) is 0 Å². The number of hydrazine groups is 1. The lowest BCUT2D eigenvalue weighted by Gasteiger charge is -2.20. The molecule has 0 bridgehead atoms. The van der Waals surface area contributed by atoms with Crippen LogP contribution >= 0.6 is 0 Å². The summed E-state index contributed by atoms with van der Waals surface area (Å²) in [5, 5.41) is 29.4. The minimum absolute atomic E-state index is 0.0233. The Morgan fingerprint density at radius 3 is 2.03 bits per heavy atom. The zero-order valence-electron chi connectivity index (χ0n) is 38.9. The summed E-state index contributed by atoms with van der Waals surface area (Å²) in [6, 6.07) is 34.2. The van der Waals surface area contributed by atoms with E-state index in [1.807, 2.05) is 30.3 Å². The maximum atomic E-state index is 14.1. The number of unbranched alkanes of at least 4 members (excludes halogenated alkanes) is 11. The van der Waals surface area contributed by atoms with Gasteiger partial charge in [0.05, 0.1) is 49.9 Å². The molecule has 0 aliphatic carbocycles. The Morgan fingerprint density at radius 1 is 0.686 bits per heavy atom. The predicted molar refractivity (Wildman–Crippen MR) is 278 cm³/mol. The van der Waals surface area contributed by atoms with Crippen LogP contribution < -0.4 is 40.7 Å². The number of phenols is 1. The standard InChI is InChI=1S/C51H58N10O7S2/c1-2-3-4-5-6-7-8-9-10-11-12-17-32-68-47-27-16-15-26-46(47)55-50(64)45-35-48(43-24-13-14-25-44(43)49(45)63)69-60-58-59-61(69)41-22-18-20-39(33-41)53-51(65)54-40-21-19-23-42(34-40)70(66,67)57-38-30-28-37(29-31-38)56-52-36-62/h13-16,18-31,33-36,56-57,63H,2-12,17,32H2,1H3,(H,52,62)(H,55,64)(H2,53,54,65). The molecule has 1 heterocycles. The summed E-state index contributed by atoms with van der Waals surface area (Å²) in [7, 11) is -5.28. The number of para-hydroxylation sites is 2. The maximum Gasteiger partial charge on any atom is 0.323 e. The number of anilines is 6. The third-order valence-corrected chi connectivity index (χ3v) is 14.3. The molecule has 0 fully saturated rings. The van der Waals surface area contributed by atoms with Crippen molar-refractivity contribution in [2.45, 2.75) is 93.8 Å². The molecule has 0 saturated carbocycles. The molecular formula is C51H58N10O7S2. The molecule has 19 heteroatoms. The lowest BCUT2D eigenvalue weighted by Crippen LogP contribution is -2.21. The van der Waals surface area contributed by atoms with Gasteiger partial charge in [0.2, 0.25) is 6.41 Å². The van der Waals surface area contributed by atoms with E-state index in [1.54, 1.807) is 71.1 Å². The van der Waals surface area contributed by atoms with E-state index in [4.69, 9.17) is 4.74 Å². The lowest BCUT2D eigenvalue weighted by atomic mass is 10.0. The summed E-state index contributed by atoms with van der Waals surface area (Å²) in [4.78, 5) is 38.4. The third-order valence-electron chi connectivity index (χ3n) is 11.3. The van der Waals surface area contributed by atoms with Crippen LogP contribution in [0.15, 0.2) is 152 Å². The van der Waals surface area contributed by atoms with Gasteiger partial charge in [-0.3, -0.25) is 25.2 Å². The molecule has 0 radical (unpaired) electrons. The van der Waals surface area contributed by atoms with Crippen molar-refractivity contribution in [1.29, 1.82) is 0 Å². The summed E-state index contributed by atoms with van der Waals surface area (Å²) >= 11 is 0. The van der Waals surface area contributed by atoms with Gasteiger partial charge in [-0.2, -0.15) is 4.41 Å². The average molecular weight is 987 g/mol. The van der Waals surface area contributed by atoms with Gasteiger partial charge in [-0.25, -0.2) is 13.2 Å². The van der Waals surface area contributed by atoms with Crippen molar-refractivity contribution in [2.75, 3.05) is 37.1 Å². The number of urea groups is 1. The second-order valence-electron chi connectivity index (χ2n) is 16.5. The van der Waals surface area contributed by atoms with Crippen molar-refractivity contribution in [3.8, 4) is 11.5 Å². The Kier molecular flexibility index (Phi) is 18.1. The number of aromatic hydroxyl groups is 1. The molecule has 1 unspecified atom stereocenters. The first-order valence-corrected chi connectivity index (χ1v) is 26.1. The number of carbonyl (C=O) groups excluding carboxylic acids is 3. The van der Waals surface area contributed by atoms with E-state index in [9.17, 15) is 27.9 Å². The number of nitrogens with zero attached hydrogens (tertiary/aromatic N) is 4. The van der Waals surface area contributed by atoms with E-state index in [0.29, 0.717) is 57.2 Å². The van der Waals surface area contributed by atoms with E-state index in [2.05, 4.69) is 53.4 Å². The van der Waals surface area contributed by atoms with E-state index in [0.717, 1.165) is 12.8 Å². The smallest absolute Gasteiger partial charge is 0.323 e. The van der Waals surface area contributed by atoms with E-state index in [-0.39, 0.29) is 27.6 Å². The molecule has 0 saturated heterocycles. The molecule has 7 rings (SSSR count). The fourth-order valence-corrected chi connectivity index (χ4v) is 10.4. The second-order valence-corrected chi connectivity index (χ2v) is 19.7. The van der Waals surface area contributed by atoms with Crippen molar-refractivity contribution in [2.24, 2.45) is 14.9 Å². The Labute approximate surface area is 410 Å². The largest absolute Gasteiger partial charge is 0.506 e. The summed E-state index contributed by atoms with van der Waals surface area (Å²) < 4.78 is 41.1. The van der Waals surface area contributed by atoms with E-state index < -0.39 is 32.8 Å². The quantitative estimate of drug-likeness (QED) is 0.0156. The molecule has 6 aromatic rings. The van der Waals surface area contributed by atoms with Gasteiger partial charge in [0.15, 0.2) is 0 Å². The minimum Gasteiger partial charge on any atom is -0.506 e. The van der Waals surface area contributed by atoms with Gasteiger partial charge >= 0.3 is 6.03 Å². The zero-order valence-corrected chi connectivity index (χ0v) is 40.5. The Balaban J connectivity index is 0.978. The van der Waals surface area contributed by atoms with Gasteiger partial charge in [-0.15, -0.1) is 0 Å². The van der Waals surface area contributed by atoms with E-state index >= 15 is 0 Å². The van der Waals surface area contributed by atoms with Crippen molar-refractivity contribution < 1.29 is 32.6 Å². The number of hydrogen-bond donors (Lipinski definition) is 7. The van der Waals surface area contributed by atoms with Crippen LogP contribution in [0.1, 0.15) is 94.3 Å². The first-order chi connectivity index (χ1) is 34.1. The first kappa shape index (κ1) is 50.4. The molecule has 7 N–H and O–H groups in total. The number of rotatable bonds is 26. The van der Waals surface area contributed by atoms with Crippen molar-refractivity contribution >= 4 is 84.1 Å². The number of amides is 4. The molecule has 1 aliphatic heterocycles. The number of carbonyl (C=O) groups is 3. The highest BCUT2D eigenvalue weighted by Crippen LogP contribution is 2.38. The van der Waals surface area contributed by atoms with Crippen molar-refractivity contribution in [3.63, 3.8) is 0 Å². The van der Waals surface area contributed by atoms with Crippen molar-refractivity contribution in [1.82, 2.24) is 5.43 Å². The third kappa shape index (κ3) is 13.8. The SMILES string of the molecule is CCCCCCCCCCCCCCOc1ccccc1NC(=O)c1cc(S2=NN=NN2c2cccc(NC(=O)Nc3cccc(S(=O)(=O)Nc4ccc(NNC=O)cc4)c3)c2)c2ccccc2c1O. The van der Waals surface area contributed by atoms with E-state index in [1.165, 1.54) is 94.5 Å².